The van der Waals surface area contributed by atoms with Gasteiger partial charge < -0.3 is 5.32 Å². The van der Waals surface area contributed by atoms with Crippen molar-refractivity contribution in [1.29, 1.82) is 0 Å². The molecule has 1 saturated heterocycles. The Bertz CT molecular complexity index is 832. The maximum atomic E-state index is 3.48. The highest BCUT2D eigenvalue weighted by Gasteiger charge is 2.23. The topological polar surface area (TPSA) is 15.3 Å². The van der Waals surface area contributed by atoms with Crippen LogP contribution in [0.2, 0.25) is 0 Å². The van der Waals surface area contributed by atoms with E-state index in [9.17, 15) is 0 Å². The van der Waals surface area contributed by atoms with Crippen LogP contribution < -0.4 is 5.32 Å². The first-order valence-electron chi connectivity index (χ1n) is 9.94. The molecule has 1 heterocycles. The SMILES string of the molecule is Cc1ccc(C(c2ccc(Cc3ccccc3)cc2)N2CCNCC2)cc1. The highest BCUT2D eigenvalue weighted by molar-refractivity contribution is 5.36. The third kappa shape index (κ3) is 4.47. The first-order valence-corrected chi connectivity index (χ1v) is 9.94. The minimum Gasteiger partial charge on any atom is -0.314 e. The van der Waals surface area contributed by atoms with Crippen LogP contribution in [-0.4, -0.2) is 31.1 Å². The predicted molar refractivity (Wildman–Crippen MR) is 113 cm³/mol. The molecule has 1 N–H and O–H groups in total. The van der Waals surface area contributed by atoms with Crippen molar-refractivity contribution in [2.24, 2.45) is 0 Å². The fraction of sp³-hybridized carbons (Fsp3) is 0.280. The van der Waals surface area contributed by atoms with Gasteiger partial charge in [0.1, 0.15) is 0 Å². The van der Waals surface area contributed by atoms with Gasteiger partial charge in [-0.25, -0.2) is 0 Å². The normalized spacial score (nSPS) is 16.2. The molecule has 1 aliphatic rings. The lowest BCUT2D eigenvalue weighted by Crippen LogP contribution is -2.45. The second-order valence-corrected chi connectivity index (χ2v) is 7.50. The molecule has 2 nitrogen and oxygen atoms in total. The molecular formula is C25H28N2. The second-order valence-electron chi connectivity index (χ2n) is 7.50. The first-order chi connectivity index (χ1) is 13.3. The zero-order valence-corrected chi connectivity index (χ0v) is 16.1. The van der Waals surface area contributed by atoms with Crippen molar-refractivity contribution in [1.82, 2.24) is 10.2 Å². The molecule has 0 aliphatic carbocycles. The fourth-order valence-corrected chi connectivity index (χ4v) is 3.95. The van der Waals surface area contributed by atoms with Gasteiger partial charge in [-0.2, -0.15) is 0 Å². The van der Waals surface area contributed by atoms with Gasteiger partial charge in [0.05, 0.1) is 6.04 Å². The summed E-state index contributed by atoms with van der Waals surface area (Å²) in [6.07, 6.45) is 0.990. The summed E-state index contributed by atoms with van der Waals surface area (Å²) in [5, 5.41) is 3.48. The summed E-state index contributed by atoms with van der Waals surface area (Å²) in [5.74, 6) is 0. The third-order valence-electron chi connectivity index (χ3n) is 5.46. The lowest BCUT2D eigenvalue weighted by molar-refractivity contribution is 0.198. The van der Waals surface area contributed by atoms with E-state index in [1.807, 2.05) is 0 Å². The Morgan fingerprint density at radius 3 is 1.93 bits per heavy atom. The summed E-state index contributed by atoms with van der Waals surface area (Å²) < 4.78 is 0. The Labute approximate surface area is 162 Å². The van der Waals surface area contributed by atoms with Gasteiger partial charge >= 0.3 is 0 Å². The highest BCUT2D eigenvalue weighted by atomic mass is 15.2. The standard InChI is InChI=1S/C25H28N2/c1-20-7-11-23(12-8-20)25(27-17-15-26-16-18-27)24-13-9-22(10-14-24)19-21-5-3-2-4-6-21/h2-14,25-26H,15-19H2,1H3. The molecule has 138 valence electrons. The van der Waals surface area contributed by atoms with Crippen LogP contribution in [0.3, 0.4) is 0 Å². The molecule has 27 heavy (non-hydrogen) atoms. The summed E-state index contributed by atoms with van der Waals surface area (Å²) in [7, 11) is 0. The van der Waals surface area contributed by atoms with Gasteiger partial charge in [0, 0.05) is 26.2 Å². The monoisotopic (exact) mass is 356 g/mol. The number of nitrogens with one attached hydrogen (secondary N) is 1. The molecule has 0 aromatic heterocycles. The second kappa shape index (κ2) is 8.51. The Morgan fingerprint density at radius 2 is 1.30 bits per heavy atom. The fourth-order valence-electron chi connectivity index (χ4n) is 3.95. The Balaban J connectivity index is 1.60. The summed E-state index contributed by atoms with van der Waals surface area (Å²) >= 11 is 0. The van der Waals surface area contributed by atoms with Crippen molar-refractivity contribution in [3.8, 4) is 0 Å². The van der Waals surface area contributed by atoms with Gasteiger partial charge in [0.2, 0.25) is 0 Å². The number of aryl methyl sites for hydroxylation is 1. The smallest absolute Gasteiger partial charge is 0.0602 e. The van der Waals surface area contributed by atoms with E-state index in [1.54, 1.807) is 0 Å². The molecule has 0 amide bonds. The van der Waals surface area contributed by atoms with Crippen molar-refractivity contribution < 1.29 is 0 Å². The van der Waals surface area contributed by atoms with Gasteiger partial charge in [-0.3, -0.25) is 4.90 Å². The van der Waals surface area contributed by atoms with Crippen LogP contribution in [-0.2, 0) is 6.42 Å². The molecule has 2 heteroatoms. The van der Waals surface area contributed by atoms with Crippen molar-refractivity contribution in [3.63, 3.8) is 0 Å². The minimum atomic E-state index is 0.332. The van der Waals surface area contributed by atoms with Gasteiger partial charge in [-0.15, -0.1) is 0 Å². The van der Waals surface area contributed by atoms with Crippen molar-refractivity contribution in [3.05, 3.63) is 107 Å². The Hall–Kier alpha value is -2.42. The lowest BCUT2D eigenvalue weighted by atomic mass is 9.94. The average Bonchev–Trinajstić information content (AvgIpc) is 2.73. The summed E-state index contributed by atoms with van der Waals surface area (Å²) in [5.41, 5.74) is 6.82. The molecular weight excluding hydrogens is 328 g/mol. The van der Waals surface area contributed by atoms with Gasteiger partial charge in [-0.1, -0.05) is 84.4 Å². The third-order valence-corrected chi connectivity index (χ3v) is 5.46. The number of hydrogen-bond acceptors (Lipinski definition) is 2. The van der Waals surface area contributed by atoms with Crippen molar-refractivity contribution in [2.45, 2.75) is 19.4 Å². The molecule has 0 spiro atoms. The summed E-state index contributed by atoms with van der Waals surface area (Å²) in [6, 6.07) is 29.3. The summed E-state index contributed by atoms with van der Waals surface area (Å²) in [6.45, 7) is 6.46. The van der Waals surface area contributed by atoms with Crippen LogP contribution in [0.25, 0.3) is 0 Å². The van der Waals surface area contributed by atoms with E-state index < -0.39 is 0 Å². The molecule has 0 radical (unpaired) electrons. The first kappa shape index (κ1) is 18.0. The number of nitrogens with zero attached hydrogens (tertiary/aromatic N) is 1. The van der Waals surface area contributed by atoms with E-state index in [-0.39, 0.29) is 0 Å². The van der Waals surface area contributed by atoms with E-state index in [1.165, 1.54) is 27.8 Å². The van der Waals surface area contributed by atoms with Crippen LogP contribution in [0.4, 0.5) is 0 Å². The van der Waals surface area contributed by atoms with E-state index >= 15 is 0 Å². The molecule has 0 saturated carbocycles. The van der Waals surface area contributed by atoms with Crippen LogP contribution in [0.1, 0.15) is 33.9 Å². The van der Waals surface area contributed by atoms with E-state index in [0.717, 1.165) is 32.6 Å². The molecule has 3 aromatic rings. The molecule has 1 fully saturated rings. The molecule has 1 atom stereocenters. The maximum absolute atomic E-state index is 3.48. The van der Waals surface area contributed by atoms with Gasteiger partial charge in [-0.05, 0) is 35.6 Å². The van der Waals surface area contributed by atoms with E-state index in [4.69, 9.17) is 0 Å². The number of benzene rings is 3. The molecule has 0 bridgehead atoms. The number of rotatable bonds is 5. The highest BCUT2D eigenvalue weighted by Crippen LogP contribution is 2.29. The van der Waals surface area contributed by atoms with Crippen LogP contribution in [0, 0.1) is 6.92 Å². The molecule has 1 aliphatic heterocycles. The van der Waals surface area contributed by atoms with Crippen molar-refractivity contribution >= 4 is 0 Å². The number of piperazine rings is 1. The Kier molecular flexibility index (Phi) is 5.66. The quantitative estimate of drug-likeness (QED) is 0.720. The predicted octanol–water partition coefficient (Wildman–Crippen LogP) is 4.58. The van der Waals surface area contributed by atoms with Crippen LogP contribution in [0.5, 0.6) is 0 Å². The lowest BCUT2D eigenvalue weighted by Gasteiger charge is -2.35. The van der Waals surface area contributed by atoms with E-state index in [0.29, 0.717) is 6.04 Å². The van der Waals surface area contributed by atoms with Crippen LogP contribution >= 0.6 is 0 Å². The summed E-state index contributed by atoms with van der Waals surface area (Å²) in [4.78, 5) is 2.60. The number of hydrogen-bond donors (Lipinski definition) is 1. The Morgan fingerprint density at radius 1 is 0.741 bits per heavy atom. The zero-order valence-electron chi connectivity index (χ0n) is 16.1. The largest absolute Gasteiger partial charge is 0.314 e. The molecule has 3 aromatic carbocycles. The molecule has 1 unspecified atom stereocenters. The van der Waals surface area contributed by atoms with E-state index in [2.05, 4.69) is 96.0 Å². The zero-order chi connectivity index (χ0) is 18.5. The van der Waals surface area contributed by atoms with Gasteiger partial charge in [0.25, 0.3) is 0 Å². The maximum Gasteiger partial charge on any atom is 0.0602 e. The molecule has 4 rings (SSSR count). The average molecular weight is 357 g/mol. The van der Waals surface area contributed by atoms with Gasteiger partial charge in [0.15, 0.2) is 0 Å². The van der Waals surface area contributed by atoms with Crippen molar-refractivity contribution in [2.75, 3.05) is 26.2 Å². The van der Waals surface area contributed by atoms with Crippen LogP contribution in [0.15, 0.2) is 78.9 Å². The minimum absolute atomic E-state index is 0.332.